The molecule has 3 N–H and O–H groups in total. The Morgan fingerprint density at radius 1 is 1.37 bits per heavy atom. The van der Waals surface area contributed by atoms with Gasteiger partial charge in [-0.15, -0.1) is 0 Å². The second-order valence-electron chi connectivity index (χ2n) is 7.33. The molecule has 148 valence electrons. The summed E-state index contributed by atoms with van der Waals surface area (Å²) in [7, 11) is 0. The lowest BCUT2D eigenvalue weighted by atomic mass is 9.88. The smallest absolute Gasteiger partial charge is 0.344 e. The predicted octanol–water partition coefficient (Wildman–Crippen LogP) is 2.97. The summed E-state index contributed by atoms with van der Waals surface area (Å²) in [6.45, 7) is 3.22. The average molecular weight is 420 g/mol. The zero-order chi connectivity index (χ0) is 20.1. The highest BCUT2D eigenvalue weighted by Crippen LogP contribution is 2.67. The van der Waals surface area contributed by atoms with Gasteiger partial charge in [-0.2, -0.15) is 0 Å². The van der Waals surface area contributed by atoms with Crippen molar-refractivity contribution >= 4 is 35.1 Å². The molecule has 0 spiro atoms. The molecule has 9 heteroatoms. The number of fused-ring (bicyclic) bond motifs is 1. The van der Waals surface area contributed by atoms with Crippen LogP contribution in [0.15, 0.2) is 18.2 Å². The van der Waals surface area contributed by atoms with Crippen LogP contribution in [0.25, 0.3) is 0 Å². The molecule has 2 fully saturated rings. The van der Waals surface area contributed by atoms with Crippen LogP contribution in [0.1, 0.15) is 25.8 Å². The highest BCUT2D eigenvalue weighted by atomic mass is 35.5. The molecule has 5 atom stereocenters. The maximum atomic E-state index is 15.1. The van der Waals surface area contributed by atoms with Gasteiger partial charge in [-0.3, -0.25) is 4.79 Å². The first-order valence-corrected chi connectivity index (χ1v) is 9.26. The number of ether oxygens (including phenoxy) is 2. The van der Waals surface area contributed by atoms with Gasteiger partial charge in [0.05, 0.1) is 28.9 Å². The molecule has 2 aliphatic carbocycles. The topological polar surface area (TPSA) is 98.9 Å². The molecule has 1 aromatic carbocycles. The number of alkyl halides is 1. The molecule has 3 rings (SSSR count). The van der Waals surface area contributed by atoms with Gasteiger partial charge in [-0.25, -0.2) is 9.18 Å². The van der Waals surface area contributed by atoms with Crippen molar-refractivity contribution in [2.24, 2.45) is 17.6 Å². The Kier molecular flexibility index (Phi) is 5.18. The van der Waals surface area contributed by atoms with Crippen molar-refractivity contribution in [2.45, 2.75) is 50.3 Å². The van der Waals surface area contributed by atoms with Crippen molar-refractivity contribution < 1.29 is 28.6 Å². The van der Waals surface area contributed by atoms with Gasteiger partial charge in [-0.1, -0.05) is 29.3 Å². The maximum absolute atomic E-state index is 15.1. The summed E-state index contributed by atoms with van der Waals surface area (Å²) in [6.07, 6.45) is -1.45. The fourth-order valence-corrected chi connectivity index (χ4v) is 4.25. The quantitative estimate of drug-likeness (QED) is 0.687. The monoisotopic (exact) mass is 419 g/mol. The largest absolute Gasteiger partial charge is 0.480 e. The molecule has 0 bridgehead atoms. The van der Waals surface area contributed by atoms with E-state index in [0.717, 1.165) is 0 Å². The summed E-state index contributed by atoms with van der Waals surface area (Å²) in [5.41, 5.74) is 2.33. The first-order valence-electron chi connectivity index (χ1n) is 8.50. The molecule has 0 amide bonds. The molecule has 0 unspecified atom stereocenters. The van der Waals surface area contributed by atoms with E-state index in [2.05, 4.69) is 0 Å². The van der Waals surface area contributed by atoms with Gasteiger partial charge in [0, 0.05) is 11.8 Å². The minimum absolute atomic E-state index is 0.0124. The normalized spacial score (nSPS) is 34.4. The van der Waals surface area contributed by atoms with Crippen LogP contribution in [0.3, 0.4) is 0 Å². The van der Waals surface area contributed by atoms with E-state index in [0.29, 0.717) is 15.6 Å². The number of benzene rings is 1. The van der Waals surface area contributed by atoms with E-state index >= 15 is 4.39 Å². The number of carbonyl (C=O) groups is 2. The van der Waals surface area contributed by atoms with Gasteiger partial charge in [0.15, 0.2) is 0 Å². The zero-order valence-corrected chi connectivity index (χ0v) is 16.3. The molecule has 0 saturated heterocycles. The molecular formula is C18H20Cl2FNO5. The number of halogens is 3. The maximum Gasteiger partial charge on any atom is 0.344 e. The predicted molar refractivity (Wildman–Crippen MR) is 96.3 cm³/mol. The van der Waals surface area contributed by atoms with Gasteiger partial charge >= 0.3 is 11.9 Å². The molecule has 0 heterocycles. The average Bonchev–Trinajstić information content (AvgIpc) is 3.04. The minimum Gasteiger partial charge on any atom is -0.480 e. The highest BCUT2D eigenvalue weighted by molar-refractivity contribution is 6.42. The standard InChI is InChI=1S/C18H20Cl2FNO5/c1-8(2)27-16(25)17(21)10-6-13(18(22,14(10)17)15(23)24)26-7-9-3-4-11(19)12(20)5-9/h3-5,8,10,13-14H,6-7,22H2,1-2H3,(H,23,24)/t10-,13-,14+,17-,18+/m1/s1. The number of carboxylic acids is 1. The zero-order valence-electron chi connectivity index (χ0n) is 14.7. The lowest BCUT2D eigenvalue weighted by Crippen LogP contribution is -2.60. The van der Waals surface area contributed by atoms with Crippen molar-refractivity contribution in [1.29, 1.82) is 0 Å². The molecule has 27 heavy (non-hydrogen) atoms. The van der Waals surface area contributed by atoms with Crippen LogP contribution in [0, 0.1) is 11.8 Å². The van der Waals surface area contributed by atoms with Gasteiger partial charge in [0.1, 0.15) is 5.54 Å². The number of hydrogen-bond donors (Lipinski definition) is 2. The van der Waals surface area contributed by atoms with Gasteiger partial charge in [0.25, 0.3) is 0 Å². The van der Waals surface area contributed by atoms with Crippen molar-refractivity contribution in [3.05, 3.63) is 33.8 Å². The fourth-order valence-electron chi connectivity index (χ4n) is 3.92. The number of aliphatic carboxylic acids is 1. The molecule has 1 aromatic rings. The highest BCUT2D eigenvalue weighted by Gasteiger charge is 2.85. The molecule has 2 saturated carbocycles. The van der Waals surface area contributed by atoms with Crippen LogP contribution in [0.2, 0.25) is 10.0 Å². The third kappa shape index (κ3) is 3.20. The number of carboxylic acid groups (broad SMARTS) is 1. The molecule has 6 nitrogen and oxygen atoms in total. The van der Waals surface area contributed by atoms with Crippen LogP contribution in [-0.2, 0) is 25.7 Å². The lowest BCUT2D eigenvalue weighted by molar-refractivity contribution is -0.162. The van der Waals surface area contributed by atoms with E-state index in [4.69, 9.17) is 38.4 Å². The van der Waals surface area contributed by atoms with Gasteiger partial charge in [-0.05, 0) is 38.0 Å². The molecule has 2 aliphatic rings. The van der Waals surface area contributed by atoms with Crippen LogP contribution in [0.4, 0.5) is 4.39 Å². The number of carbonyl (C=O) groups excluding carboxylic acids is 1. The third-order valence-corrected chi connectivity index (χ3v) is 6.00. The van der Waals surface area contributed by atoms with Crippen LogP contribution < -0.4 is 5.73 Å². The summed E-state index contributed by atoms with van der Waals surface area (Å²) < 4.78 is 25.8. The van der Waals surface area contributed by atoms with Crippen molar-refractivity contribution in [2.75, 3.05) is 0 Å². The van der Waals surface area contributed by atoms with E-state index in [1.807, 2.05) is 0 Å². The van der Waals surface area contributed by atoms with Gasteiger partial charge < -0.3 is 20.3 Å². The van der Waals surface area contributed by atoms with Crippen molar-refractivity contribution in [3.8, 4) is 0 Å². The first-order chi connectivity index (χ1) is 12.5. The van der Waals surface area contributed by atoms with E-state index in [9.17, 15) is 14.7 Å². The molecule has 0 radical (unpaired) electrons. The number of rotatable bonds is 6. The Balaban J connectivity index is 1.75. The van der Waals surface area contributed by atoms with Crippen LogP contribution >= 0.6 is 23.2 Å². The second kappa shape index (κ2) is 6.88. The van der Waals surface area contributed by atoms with E-state index < -0.39 is 47.2 Å². The van der Waals surface area contributed by atoms with Crippen LogP contribution in [-0.4, -0.2) is 40.5 Å². The second-order valence-corrected chi connectivity index (χ2v) is 8.14. The molecule has 0 aromatic heterocycles. The van der Waals surface area contributed by atoms with Gasteiger partial charge in [0.2, 0.25) is 5.67 Å². The summed E-state index contributed by atoms with van der Waals surface area (Å²) in [6, 6.07) is 4.87. The van der Waals surface area contributed by atoms with Crippen molar-refractivity contribution in [1.82, 2.24) is 0 Å². The number of nitrogens with two attached hydrogens (primary N) is 1. The third-order valence-electron chi connectivity index (χ3n) is 5.26. The Labute approximate surface area is 165 Å². The Hall–Kier alpha value is -1.41. The summed E-state index contributed by atoms with van der Waals surface area (Å²) in [5, 5.41) is 10.4. The lowest BCUT2D eigenvalue weighted by Gasteiger charge is -2.32. The fraction of sp³-hybridized carbons (Fsp3) is 0.556. The van der Waals surface area contributed by atoms with Crippen LogP contribution in [0.5, 0.6) is 0 Å². The Bertz CT molecular complexity index is 791. The first kappa shape index (κ1) is 20.3. The summed E-state index contributed by atoms with van der Waals surface area (Å²) >= 11 is 11.8. The van der Waals surface area contributed by atoms with Crippen molar-refractivity contribution in [3.63, 3.8) is 0 Å². The Morgan fingerprint density at radius 3 is 2.59 bits per heavy atom. The summed E-state index contributed by atoms with van der Waals surface area (Å²) in [4.78, 5) is 24.0. The van der Waals surface area contributed by atoms with E-state index in [1.54, 1.807) is 32.0 Å². The SMILES string of the molecule is CC(C)OC(=O)[C@@]1(F)[C@@H]2C[C@@H](OCc3ccc(Cl)c(Cl)c3)[C@@](N)(C(=O)O)[C@@H]21. The minimum atomic E-state index is -2.39. The molecular weight excluding hydrogens is 400 g/mol. The number of hydrogen-bond acceptors (Lipinski definition) is 5. The Morgan fingerprint density at radius 2 is 2.04 bits per heavy atom. The van der Waals surface area contributed by atoms with E-state index in [1.165, 1.54) is 0 Å². The molecule has 0 aliphatic heterocycles. The summed E-state index contributed by atoms with van der Waals surface area (Å²) in [5.74, 6) is -4.51. The van der Waals surface area contributed by atoms with E-state index in [-0.39, 0.29) is 13.0 Å². The number of esters is 1.